The molecule has 0 spiro atoms. The van der Waals surface area contributed by atoms with Crippen molar-refractivity contribution >= 4 is 16.6 Å². The second kappa shape index (κ2) is 5.79. The predicted molar refractivity (Wildman–Crippen MR) is 84.6 cm³/mol. The molecule has 106 valence electrons. The Morgan fingerprint density at radius 3 is 2.71 bits per heavy atom. The zero-order valence-corrected chi connectivity index (χ0v) is 12.1. The van der Waals surface area contributed by atoms with E-state index in [1.807, 2.05) is 31.2 Å². The van der Waals surface area contributed by atoms with Gasteiger partial charge in [-0.05, 0) is 36.8 Å². The van der Waals surface area contributed by atoms with Gasteiger partial charge < -0.3 is 10.1 Å². The largest absolute Gasteiger partial charge is 0.494 e. The minimum absolute atomic E-state index is 0.748. The Hall–Kier alpha value is -2.62. The van der Waals surface area contributed by atoms with Crippen molar-refractivity contribution in [1.82, 2.24) is 9.97 Å². The van der Waals surface area contributed by atoms with Crippen LogP contribution in [-0.4, -0.2) is 17.1 Å². The van der Waals surface area contributed by atoms with Crippen LogP contribution >= 0.6 is 0 Å². The van der Waals surface area contributed by atoms with Gasteiger partial charge in [0, 0.05) is 35.7 Å². The van der Waals surface area contributed by atoms with E-state index in [9.17, 15) is 0 Å². The van der Waals surface area contributed by atoms with Gasteiger partial charge in [-0.3, -0.25) is 4.98 Å². The van der Waals surface area contributed by atoms with Gasteiger partial charge in [-0.15, -0.1) is 0 Å². The number of rotatable bonds is 4. The van der Waals surface area contributed by atoms with Gasteiger partial charge in [0.1, 0.15) is 11.3 Å². The Bertz CT molecular complexity index is 757. The van der Waals surface area contributed by atoms with Crippen LogP contribution in [0.2, 0.25) is 0 Å². The van der Waals surface area contributed by atoms with Crippen LogP contribution in [-0.2, 0) is 6.54 Å². The molecule has 1 aromatic carbocycles. The zero-order valence-electron chi connectivity index (χ0n) is 12.1. The van der Waals surface area contributed by atoms with E-state index < -0.39 is 0 Å². The minimum atomic E-state index is 0.748. The Labute approximate surface area is 123 Å². The summed E-state index contributed by atoms with van der Waals surface area (Å²) in [6.45, 7) is 2.74. The van der Waals surface area contributed by atoms with Crippen molar-refractivity contribution in [2.24, 2.45) is 0 Å². The number of methoxy groups -OCH3 is 1. The highest BCUT2D eigenvalue weighted by Gasteiger charge is 2.08. The first kappa shape index (κ1) is 13.4. The van der Waals surface area contributed by atoms with Crippen molar-refractivity contribution in [2.75, 3.05) is 12.4 Å². The Balaban J connectivity index is 1.98. The normalized spacial score (nSPS) is 10.6. The summed E-state index contributed by atoms with van der Waals surface area (Å²) < 4.78 is 5.40. The molecule has 21 heavy (non-hydrogen) atoms. The van der Waals surface area contributed by atoms with Crippen molar-refractivity contribution in [3.8, 4) is 5.75 Å². The first-order valence-corrected chi connectivity index (χ1v) is 6.85. The van der Waals surface area contributed by atoms with E-state index in [2.05, 4.69) is 27.4 Å². The third-order valence-electron chi connectivity index (χ3n) is 3.38. The lowest BCUT2D eigenvalue weighted by Gasteiger charge is -2.12. The van der Waals surface area contributed by atoms with Gasteiger partial charge in [-0.2, -0.15) is 0 Å². The first-order valence-electron chi connectivity index (χ1n) is 6.85. The summed E-state index contributed by atoms with van der Waals surface area (Å²) >= 11 is 0. The number of pyridine rings is 2. The number of nitrogens with one attached hydrogen (secondary N) is 1. The number of hydrogen-bond donors (Lipinski definition) is 1. The first-order chi connectivity index (χ1) is 10.3. The van der Waals surface area contributed by atoms with Gasteiger partial charge in [0.25, 0.3) is 0 Å². The molecule has 2 heterocycles. The summed E-state index contributed by atoms with van der Waals surface area (Å²) in [5.74, 6) is 0.795. The third kappa shape index (κ3) is 2.79. The van der Waals surface area contributed by atoms with Gasteiger partial charge >= 0.3 is 0 Å². The van der Waals surface area contributed by atoms with Crippen molar-refractivity contribution in [3.63, 3.8) is 0 Å². The van der Waals surface area contributed by atoms with Crippen molar-refractivity contribution in [3.05, 3.63) is 60.0 Å². The monoisotopic (exact) mass is 279 g/mol. The number of nitrogens with zero attached hydrogens (tertiary/aromatic N) is 2. The average molecular weight is 279 g/mol. The van der Waals surface area contributed by atoms with Crippen LogP contribution < -0.4 is 10.1 Å². The highest BCUT2D eigenvalue weighted by Crippen LogP contribution is 2.30. The van der Waals surface area contributed by atoms with E-state index >= 15 is 0 Å². The van der Waals surface area contributed by atoms with E-state index in [-0.39, 0.29) is 0 Å². The molecule has 1 N–H and O–H groups in total. The number of para-hydroxylation sites is 1. The number of aromatic nitrogens is 2. The van der Waals surface area contributed by atoms with Crippen molar-refractivity contribution < 1.29 is 4.74 Å². The molecule has 0 amide bonds. The van der Waals surface area contributed by atoms with Gasteiger partial charge in [0.15, 0.2) is 0 Å². The number of anilines is 1. The SMILES string of the molecule is COc1cccc2c(NCc3ccncc3)cc(C)nc12. The summed E-state index contributed by atoms with van der Waals surface area (Å²) in [6.07, 6.45) is 3.60. The standard InChI is InChI=1S/C17H17N3O/c1-12-10-15(19-11-13-6-8-18-9-7-13)14-4-3-5-16(21-2)17(14)20-12/h3-10H,11H2,1-2H3,(H,19,20). The van der Waals surface area contributed by atoms with E-state index in [1.165, 1.54) is 5.56 Å². The molecule has 0 saturated carbocycles. The molecule has 0 fully saturated rings. The molecule has 4 heteroatoms. The number of ether oxygens (including phenoxy) is 1. The van der Waals surface area contributed by atoms with Crippen LogP contribution in [0.25, 0.3) is 10.9 Å². The lowest BCUT2D eigenvalue weighted by Crippen LogP contribution is -2.02. The van der Waals surface area contributed by atoms with Crippen LogP contribution in [0.1, 0.15) is 11.3 Å². The molecule has 2 aromatic heterocycles. The third-order valence-corrected chi connectivity index (χ3v) is 3.38. The van der Waals surface area contributed by atoms with Crippen LogP contribution in [0.15, 0.2) is 48.8 Å². The van der Waals surface area contributed by atoms with Crippen molar-refractivity contribution in [1.29, 1.82) is 0 Å². The molecule has 0 aliphatic carbocycles. The number of benzene rings is 1. The Kier molecular flexibility index (Phi) is 3.69. The molecule has 3 rings (SSSR count). The summed E-state index contributed by atoms with van der Waals surface area (Å²) in [5.41, 5.74) is 4.10. The molecular formula is C17H17N3O. The Morgan fingerprint density at radius 1 is 1.14 bits per heavy atom. The zero-order chi connectivity index (χ0) is 14.7. The van der Waals surface area contributed by atoms with Crippen LogP contribution in [0, 0.1) is 6.92 Å². The number of hydrogen-bond acceptors (Lipinski definition) is 4. The maximum Gasteiger partial charge on any atom is 0.145 e. The predicted octanol–water partition coefficient (Wildman–Crippen LogP) is 3.56. The maximum absolute atomic E-state index is 5.40. The lowest BCUT2D eigenvalue weighted by molar-refractivity contribution is 0.419. The molecule has 0 aliphatic rings. The molecule has 4 nitrogen and oxygen atoms in total. The molecule has 0 aliphatic heterocycles. The summed E-state index contributed by atoms with van der Waals surface area (Å²) in [4.78, 5) is 8.62. The second-order valence-electron chi connectivity index (χ2n) is 4.88. The highest BCUT2D eigenvalue weighted by molar-refractivity contribution is 5.95. The maximum atomic E-state index is 5.40. The van der Waals surface area contributed by atoms with Crippen molar-refractivity contribution in [2.45, 2.75) is 13.5 Å². The van der Waals surface area contributed by atoms with Gasteiger partial charge in [0.05, 0.1) is 7.11 Å². The fourth-order valence-corrected chi connectivity index (χ4v) is 2.36. The molecule has 3 aromatic rings. The molecular weight excluding hydrogens is 262 g/mol. The van der Waals surface area contributed by atoms with Gasteiger partial charge in [0.2, 0.25) is 0 Å². The smallest absolute Gasteiger partial charge is 0.145 e. The van der Waals surface area contributed by atoms with Gasteiger partial charge in [-0.25, -0.2) is 4.98 Å². The van der Waals surface area contributed by atoms with E-state index in [0.29, 0.717) is 0 Å². The molecule has 0 unspecified atom stereocenters. The number of fused-ring (bicyclic) bond motifs is 1. The molecule has 0 bridgehead atoms. The molecule has 0 saturated heterocycles. The Morgan fingerprint density at radius 2 is 1.95 bits per heavy atom. The van der Waals surface area contributed by atoms with Crippen LogP contribution in [0.3, 0.4) is 0 Å². The number of aryl methyl sites for hydroxylation is 1. The van der Waals surface area contributed by atoms with E-state index in [4.69, 9.17) is 4.74 Å². The quantitative estimate of drug-likeness (QED) is 0.793. The highest BCUT2D eigenvalue weighted by atomic mass is 16.5. The topological polar surface area (TPSA) is 47.0 Å². The summed E-state index contributed by atoms with van der Waals surface area (Å²) in [6, 6.07) is 12.0. The van der Waals surface area contributed by atoms with E-state index in [1.54, 1.807) is 19.5 Å². The van der Waals surface area contributed by atoms with E-state index in [0.717, 1.165) is 34.6 Å². The molecule has 0 radical (unpaired) electrons. The van der Waals surface area contributed by atoms with Gasteiger partial charge in [-0.1, -0.05) is 12.1 Å². The summed E-state index contributed by atoms with van der Waals surface area (Å²) in [7, 11) is 1.67. The molecule has 0 atom stereocenters. The van der Waals surface area contributed by atoms with Crippen LogP contribution in [0.5, 0.6) is 5.75 Å². The fraction of sp³-hybridized carbons (Fsp3) is 0.176. The average Bonchev–Trinajstić information content (AvgIpc) is 2.53. The summed E-state index contributed by atoms with van der Waals surface area (Å²) in [5, 5.41) is 4.54. The minimum Gasteiger partial charge on any atom is -0.494 e. The fourth-order valence-electron chi connectivity index (χ4n) is 2.36. The second-order valence-corrected chi connectivity index (χ2v) is 4.88. The van der Waals surface area contributed by atoms with Crippen LogP contribution in [0.4, 0.5) is 5.69 Å². The lowest BCUT2D eigenvalue weighted by atomic mass is 10.1.